The second kappa shape index (κ2) is 6.17. The SMILES string of the molecule is O=C(CN1CCCC1=O)N1CCC2(CCc3c2nc(C2CC2)[nH]c3=O)CC1. The summed E-state index contributed by atoms with van der Waals surface area (Å²) in [6.45, 7) is 2.29. The number of piperidine rings is 1. The fourth-order valence-electron chi connectivity index (χ4n) is 5.02. The summed E-state index contributed by atoms with van der Waals surface area (Å²) in [5.41, 5.74) is 1.87. The summed E-state index contributed by atoms with van der Waals surface area (Å²) in [6, 6.07) is 0. The predicted molar refractivity (Wildman–Crippen MR) is 98.5 cm³/mol. The van der Waals surface area contributed by atoms with Crippen LogP contribution in [0.2, 0.25) is 0 Å². The zero-order chi connectivity index (χ0) is 18.6. The maximum Gasteiger partial charge on any atom is 0.254 e. The van der Waals surface area contributed by atoms with E-state index in [1.165, 1.54) is 0 Å². The van der Waals surface area contributed by atoms with Gasteiger partial charge in [-0.15, -0.1) is 0 Å². The Morgan fingerprint density at radius 2 is 1.89 bits per heavy atom. The van der Waals surface area contributed by atoms with Gasteiger partial charge in [-0.2, -0.15) is 0 Å². The minimum Gasteiger partial charge on any atom is -0.341 e. The van der Waals surface area contributed by atoms with Crippen LogP contribution in [0.25, 0.3) is 0 Å². The lowest BCUT2D eigenvalue weighted by atomic mass is 9.76. The molecule has 0 unspecified atom stereocenters. The summed E-state index contributed by atoms with van der Waals surface area (Å²) < 4.78 is 0. The standard InChI is InChI=1S/C20H26N4O3/c25-15-2-1-9-24(15)12-16(26)23-10-7-20(8-11-23)6-5-14-17(20)21-18(13-3-4-13)22-19(14)27/h13H,1-12H2,(H,21,22,27). The van der Waals surface area contributed by atoms with Crippen molar-refractivity contribution >= 4 is 11.8 Å². The van der Waals surface area contributed by atoms with Crippen LogP contribution in [-0.4, -0.2) is 57.8 Å². The van der Waals surface area contributed by atoms with Crippen LogP contribution in [0.3, 0.4) is 0 Å². The first kappa shape index (κ1) is 17.0. The molecule has 4 aliphatic rings. The van der Waals surface area contributed by atoms with Gasteiger partial charge in [0.25, 0.3) is 5.56 Å². The highest BCUT2D eigenvalue weighted by atomic mass is 16.2. The summed E-state index contributed by atoms with van der Waals surface area (Å²) in [5.74, 6) is 1.44. The van der Waals surface area contributed by atoms with Crippen LogP contribution in [0.1, 0.15) is 67.9 Å². The fraction of sp³-hybridized carbons (Fsp3) is 0.700. The molecule has 7 heteroatoms. The molecule has 1 aromatic heterocycles. The largest absolute Gasteiger partial charge is 0.341 e. The Morgan fingerprint density at radius 1 is 1.11 bits per heavy atom. The van der Waals surface area contributed by atoms with Crippen molar-refractivity contribution in [3.05, 3.63) is 27.4 Å². The predicted octanol–water partition coefficient (Wildman–Crippen LogP) is 1.08. The zero-order valence-electron chi connectivity index (χ0n) is 15.6. The molecular weight excluding hydrogens is 344 g/mol. The second-order valence-electron chi connectivity index (χ2n) is 8.63. The van der Waals surface area contributed by atoms with Gasteiger partial charge in [0.1, 0.15) is 5.82 Å². The van der Waals surface area contributed by atoms with Crippen LogP contribution in [0.4, 0.5) is 0 Å². The molecule has 7 nitrogen and oxygen atoms in total. The molecule has 27 heavy (non-hydrogen) atoms. The van der Waals surface area contributed by atoms with Gasteiger partial charge in [-0.25, -0.2) is 4.98 Å². The van der Waals surface area contributed by atoms with Crippen LogP contribution in [0.5, 0.6) is 0 Å². The highest BCUT2D eigenvalue weighted by molar-refractivity contribution is 5.86. The number of rotatable bonds is 3. The van der Waals surface area contributed by atoms with Crippen molar-refractivity contribution in [2.45, 2.75) is 62.7 Å². The molecule has 5 rings (SSSR count). The number of likely N-dealkylation sites (tertiary alicyclic amines) is 2. The summed E-state index contributed by atoms with van der Waals surface area (Å²) in [5, 5.41) is 0. The van der Waals surface area contributed by atoms with Crippen molar-refractivity contribution in [1.82, 2.24) is 19.8 Å². The first-order chi connectivity index (χ1) is 13.1. The van der Waals surface area contributed by atoms with Crippen molar-refractivity contribution in [2.24, 2.45) is 0 Å². The van der Waals surface area contributed by atoms with E-state index in [1.54, 1.807) is 4.90 Å². The minimum atomic E-state index is -0.0481. The molecule has 3 heterocycles. The molecule has 0 radical (unpaired) electrons. The van der Waals surface area contributed by atoms with Gasteiger partial charge in [-0.05, 0) is 44.9 Å². The Bertz CT molecular complexity index is 849. The Kier molecular flexibility index (Phi) is 3.88. The molecule has 1 N–H and O–H groups in total. The van der Waals surface area contributed by atoms with Gasteiger partial charge in [0.2, 0.25) is 11.8 Å². The third kappa shape index (κ3) is 2.87. The molecule has 1 spiro atoms. The highest BCUT2D eigenvalue weighted by Crippen LogP contribution is 2.46. The molecule has 2 aliphatic carbocycles. The number of aromatic amines is 1. The van der Waals surface area contributed by atoms with Gasteiger partial charge in [-0.1, -0.05) is 0 Å². The minimum absolute atomic E-state index is 0.0461. The van der Waals surface area contributed by atoms with E-state index in [1.807, 2.05) is 4.90 Å². The Balaban J connectivity index is 1.30. The molecular formula is C20H26N4O3. The van der Waals surface area contributed by atoms with Crippen molar-refractivity contribution < 1.29 is 9.59 Å². The van der Waals surface area contributed by atoms with Gasteiger partial charge in [0, 0.05) is 43.0 Å². The summed E-state index contributed by atoms with van der Waals surface area (Å²) >= 11 is 0. The van der Waals surface area contributed by atoms with E-state index in [4.69, 9.17) is 4.98 Å². The molecule has 2 saturated heterocycles. The van der Waals surface area contributed by atoms with Crippen molar-refractivity contribution in [3.8, 4) is 0 Å². The lowest BCUT2D eigenvalue weighted by molar-refractivity contribution is -0.139. The Labute approximate surface area is 158 Å². The van der Waals surface area contributed by atoms with Gasteiger partial charge in [0.15, 0.2) is 0 Å². The first-order valence-corrected chi connectivity index (χ1v) is 10.2. The zero-order valence-corrected chi connectivity index (χ0v) is 15.6. The van der Waals surface area contributed by atoms with Gasteiger partial charge < -0.3 is 14.8 Å². The number of fused-ring (bicyclic) bond motifs is 2. The molecule has 2 aliphatic heterocycles. The second-order valence-corrected chi connectivity index (χ2v) is 8.63. The molecule has 1 aromatic rings. The topological polar surface area (TPSA) is 86.4 Å². The van der Waals surface area contributed by atoms with E-state index in [9.17, 15) is 14.4 Å². The van der Waals surface area contributed by atoms with E-state index in [0.29, 0.717) is 32.0 Å². The molecule has 0 bridgehead atoms. The number of H-pyrrole nitrogens is 1. The highest BCUT2D eigenvalue weighted by Gasteiger charge is 2.45. The Hall–Kier alpha value is -2.18. The lowest BCUT2D eigenvalue weighted by Crippen LogP contribution is -2.48. The summed E-state index contributed by atoms with van der Waals surface area (Å²) in [7, 11) is 0. The number of carbonyl (C=O) groups excluding carboxylic acids is 2. The van der Waals surface area contributed by atoms with Gasteiger partial charge in [-0.3, -0.25) is 14.4 Å². The fourth-order valence-corrected chi connectivity index (χ4v) is 5.02. The van der Waals surface area contributed by atoms with Crippen LogP contribution in [-0.2, 0) is 21.4 Å². The van der Waals surface area contributed by atoms with Crippen molar-refractivity contribution in [3.63, 3.8) is 0 Å². The first-order valence-electron chi connectivity index (χ1n) is 10.2. The number of hydrogen-bond donors (Lipinski definition) is 1. The smallest absolute Gasteiger partial charge is 0.254 e. The average molecular weight is 370 g/mol. The van der Waals surface area contributed by atoms with E-state index < -0.39 is 0 Å². The van der Waals surface area contributed by atoms with E-state index in [0.717, 1.165) is 62.0 Å². The van der Waals surface area contributed by atoms with Crippen LogP contribution < -0.4 is 5.56 Å². The number of carbonyl (C=O) groups is 2. The normalized spacial score (nSPS) is 23.9. The molecule has 3 fully saturated rings. The van der Waals surface area contributed by atoms with Crippen molar-refractivity contribution in [2.75, 3.05) is 26.2 Å². The third-order valence-electron chi connectivity index (χ3n) is 6.92. The number of aromatic nitrogens is 2. The summed E-state index contributed by atoms with van der Waals surface area (Å²) in [4.78, 5) is 48.3. The molecule has 2 amide bonds. The summed E-state index contributed by atoms with van der Waals surface area (Å²) in [6.07, 6.45) is 7.13. The van der Waals surface area contributed by atoms with Crippen LogP contribution >= 0.6 is 0 Å². The molecule has 0 atom stereocenters. The Morgan fingerprint density at radius 3 is 2.56 bits per heavy atom. The van der Waals surface area contributed by atoms with E-state index >= 15 is 0 Å². The van der Waals surface area contributed by atoms with Crippen molar-refractivity contribution in [1.29, 1.82) is 0 Å². The maximum absolute atomic E-state index is 12.6. The van der Waals surface area contributed by atoms with Crippen LogP contribution in [0, 0.1) is 0 Å². The molecule has 1 saturated carbocycles. The quantitative estimate of drug-likeness (QED) is 0.863. The third-order valence-corrected chi connectivity index (χ3v) is 6.92. The van der Waals surface area contributed by atoms with E-state index in [-0.39, 0.29) is 29.3 Å². The maximum atomic E-state index is 12.6. The van der Waals surface area contributed by atoms with Crippen LogP contribution in [0.15, 0.2) is 4.79 Å². The average Bonchev–Trinajstić information content (AvgIpc) is 3.36. The number of nitrogens with one attached hydrogen (secondary N) is 1. The monoisotopic (exact) mass is 370 g/mol. The molecule has 144 valence electrons. The van der Waals surface area contributed by atoms with E-state index in [2.05, 4.69) is 4.98 Å². The molecule has 0 aromatic carbocycles. The lowest BCUT2D eigenvalue weighted by Gasteiger charge is -2.39. The number of amides is 2. The van der Waals surface area contributed by atoms with Gasteiger partial charge in [0.05, 0.1) is 12.2 Å². The number of hydrogen-bond acceptors (Lipinski definition) is 4. The van der Waals surface area contributed by atoms with Gasteiger partial charge >= 0.3 is 0 Å². The number of nitrogens with zero attached hydrogens (tertiary/aromatic N) is 3.